The third-order valence-electron chi connectivity index (χ3n) is 5.53. The molecule has 7 nitrogen and oxygen atoms in total. The van der Waals surface area contributed by atoms with E-state index >= 15 is 0 Å². The van der Waals surface area contributed by atoms with Crippen LogP contribution in [0.2, 0.25) is 0 Å². The van der Waals surface area contributed by atoms with Gasteiger partial charge in [-0.15, -0.1) is 0 Å². The van der Waals surface area contributed by atoms with Crippen molar-refractivity contribution in [2.75, 3.05) is 31.6 Å². The van der Waals surface area contributed by atoms with Gasteiger partial charge in [0, 0.05) is 21.6 Å². The van der Waals surface area contributed by atoms with Crippen molar-refractivity contribution in [3.05, 3.63) is 58.0 Å². The maximum atomic E-state index is 12.7. The summed E-state index contributed by atoms with van der Waals surface area (Å²) < 4.78 is 11.7. The molecule has 1 saturated heterocycles. The highest BCUT2D eigenvalue weighted by Gasteiger charge is 2.25. The summed E-state index contributed by atoms with van der Waals surface area (Å²) in [6.45, 7) is 2.95. The summed E-state index contributed by atoms with van der Waals surface area (Å²) in [5, 5.41) is 2.70. The van der Waals surface area contributed by atoms with Crippen LogP contribution in [0.3, 0.4) is 0 Å². The quantitative estimate of drug-likeness (QED) is 0.263. The van der Waals surface area contributed by atoms with E-state index in [-0.39, 0.29) is 11.7 Å². The summed E-state index contributed by atoms with van der Waals surface area (Å²) in [6, 6.07) is 13.1. The minimum absolute atomic E-state index is 0.0946. The Bertz CT molecular complexity index is 1040. The molecule has 0 bridgehead atoms. The number of carbonyl (C=O) groups is 2. The van der Waals surface area contributed by atoms with E-state index in [1.165, 1.54) is 6.39 Å². The minimum Gasteiger partial charge on any atom is -0.449 e. The van der Waals surface area contributed by atoms with Crippen molar-refractivity contribution in [2.24, 2.45) is 5.92 Å². The van der Waals surface area contributed by atoms with Crippen LogP contribution in [0.5, 0.6) is 0 Å². The molecule has 2 heterocycles. The largest absolute Gasteiger partial charge is 0.449 e. The number of aromatic nitrogens is 1. The van der Waals surface area contributed by atoms with E-state index in [4.69, 9.17) is 9.15 Å². The first-order valence-corrected chi connectivity index (χ1v) is 11.5. The van der Waals surface area contributed by atoms with Crippen LogP contribution in [-0.4, -0.2) is 48.0 Å². The first kappa shape index (κ1) is 21.8. The van der Waals surface area contributed by atoms with Gasteiger partial charge in [-0.1, -0.05) is 18.2 Å². The Hall–Kier alpha value is -2.46. The number of benzene rings is 2. The number of ether oxygens (including phenoxy) is 1. The minimum atomic E-state index is -0.509. The maximum absolute atomic E-state index is 12.7. The maximum Gasteiger partial charge on any atom is 0.411 e. The van der Waals surface area contributed by atoms with Gasteiger partial charge in [-0.2, -0.15) is 0 Å². The number of piperidine rings is 1. The molecule has 3 aromatic rings. The molecule has 162 valence electrons. The van der Waals surface area contributed by atoms with E-state index in [0.717, 1.165) is 48.0 Å². The number of halogens is 1. The van der Waals surface area contributed by atoms with Crippen LogP contribution >= 0.6 is 22.6 Å². The van der Waals surface area contributed by atoms with Gasteiger partial charge in [-0.3, -0.25) is 10.1 Å². The van der Waals surface area contributed by atoms with Crippen LogP contribution in [0, 0.1) is 9.49 Å². The monoisotopic (exact) mass is 533 g/mol. The van der Waals surface area contributed by atoms with E-state index in [1.807, 2.05) is 30.3 Å². The third kappa shape index (κ3) is 5.62. The fraction of sp³-hybridized carbons (Fsp3) is 0.348. The van der Waals surface area contributed by atoms with Gasteiger partial charge in [0.25, 0.3) is 0 Å². The number of ketones is 1. The Morgan fingerprint density at radius 2 is 1.94 bits per heavy atom. The summed E-state index contributed by atoms with van der Waals surface area (Å²) >= 11 is 2.25. The number of amides is 1. The lowest BCUT2D eigenvalue weighted by molar-refractivity contribution is 0.0830. The molecule has 1 N–H and O–H groups in total. The van der Waals surface area contributed by atoms with Gasteiger partial charge in [0.2, 0.25) is 0 Å². The smallest absolute Gasteiger partial charge is 0.411 e. The summed E-state index contributed by atoms with van der Waals surface area (Å²) in [5.41, 5.74) is 2.56. The molecule has 1 aliphatic rings. The first-order valence-electron chi connectivity index (χ1n) is 10.4. The second-order valence-corrected chi connectivity index (χ2v) is 8.85. The van der Waals surface area contributed by atoms with Gasteiger partial charge in [-0.25, -0.2) is 9.78 Å². The zero-order valence-electron chi connectivity index (χ0n) is 17.1. The van der Waals surface area contributed by atoms with Crippen LogP contribution in [0.25, 0.3) is 11.1 Å². The molecule has 0 unspecified atom stereocenters. The average Bonchev–Trinajstić information content (AvgIpc) is 3.27. The van der Waals surface area contributed by atoms with Gasteiger partial charge >= 0.3 is 6.09 Å². The number of oxazole rings is 1. The second kappa shape index (κ2) is 10.2. The van der Waals surface area contributed by atoms with Gasteiger partial charge in [0.05, 0.1) is 12.3 Å². The number of hydrogen-bond acceptors (Lipinski definition) is 6. The van der Waals surface area contributed by atoms with E-state index in [2.05, 4.69) is 37.8 Å². The highest BCUT2D eigenvalue weighted by Crippen LogP contribution is 2.23. The number of likely N-dealkylation sites (tertiary alicyclic amines) is 1. The van der Waals surface area contributed by atoms with Crippen LogP contribution in [0.1, 0.15) is 29.6 Å². The zero-order chi connectivity index (χ0) is 21.6. The molecule has 1 amide bonds. The van der Waals surface area contributed by atoms with Crippen molar-refractivity contribution >= 4 is 51.3 Å². The normalized spacial score (nSPS) is 15.1. The van der Waals surface area contributed by atoms with Crippen molar-refractivity contribution in [3.8, 4) is 0 Å². The SMILES string of the molecule is O=C(Nc1cccc2ncoc12)OCCCN1CCC(C(=O)c2ccc(I)cc2)CC1. The Morgan fingerprint density at radius 3 is 2.71 bits per heavy atom. The van der Waals surface area contributed by atoms with Crippen LogP contribution < -0.4 is 5.32 Å². The topological polar surface area (TPSA) is 84.7 Å². The lowest BCUT2D eigenvalue weighted by Gasteiger charge is -2.31. The fourth-order valence-electron chi connectivity index (χ4n) is 3.85. The number of hydrogen-bond donors (Lipinski definition) is 1. The van der Waals surface area contributed by atoms with E-state index < -0.39 is 6.09 Å². The molecule has 8 heteroatoms. The number of carbonyl (C=O) groups excluding carboxylic acids is 2. The van der Waals surface area contributed by atoms with Gasteiger partial charge in [-0.05, 0) is 79.2 Å². The molecule has 0 aliphatic carbocycles. The Morgan fingerprint density at radius 1 is 1.16 bits per heavy atom. The zero-order valence-corrected chi connectivity index (χ0v) is 19.2. The standard InChI is InChI=1S/C23H24IN3O4/c24-18-7-5-16(6-8-18)21(28)17-9-12-27(13-10-17)11-2-14-30-23(29)26-20-4-1-3-19-22(20)31-15-25-19/h1,3-8,15,17H,2,9-14H2,(H,26,29). The highest BCUT2D eigenvalue weighted by atomic mass is 127. The molecule has 0 spiro atoms. The van der Waals surface area contributed by atoms with Gasteiger partial charge in [0.15, 0.2) is 17.8 Å². The fourth-order valence-corrected chi connectivity index (χ4v) is 4.21. The lowest BCUT2D eigenvalue weighted by atomic mass is 9.89. The molecule has 0 atom stereocenters. The second-order valence-electron chi connectivity index (χ2n) is 7.61. The molecule has 1 aromatic heterocycles. The molecular formula is C23H24IN3O4. The lowest BCUT2D eigenvalue weighted by Crippen LogP contribution is -2.37. The number of anilines is 1. The van der Waals surface area contributed by atoms with Crippen LogP contribution in [-0.2, 0) is 4.74 Å². The summed E-state index contributed by atoms with van der Waals surface area (Å²) in [6.07, 6.45) is 3.32. The van der Waals surface area contributed by atoms with Crippen LogP contribution in [0.4, 0.5) is 10.5 Å². The molecule has 31 heavy (non-hydrogen) atoms. The summed E-state index contributed by atoms with van der Waals surface area (Å²) in [5.74, 6) is 0.343. The number of para-hydroxylation sites is 1. The predicted octanol–water partition coefficient (Wildman–Crippen LogP) is 4.97. The number of fused-ring (bicyclic) bond motifs is 1. The number of nitrogens with zero attached hydrogens (tertiary/aromatic N) is 2. The van der Waals surface area contributed by atoms with Crippen molar-refractivity contribution in [1.29, 1.82) is 0 Å². The molecular weight excluding hydrogens is 509 g/mol. The molecule has 0 radical (unpaired) electrons. The van der Waals surface area contributed by atoms with Gasteiger partial charge < -0.3 is 14.1 Å². The number of Topliss-reactive ketones (excluding diaryl/α,β-unsaturated/α-hetero) is 1. The predicted molar refractivity (Wildman–Crippen MR) is 126 cm³/mol. The van der Waals surface area contributed by atoms with E-state index in [1.54, 1.807) is 12.1 Å². The Kier molecular flexibility index (Phi) is 7.18. The third-order valence-corrected chi connectivity index (χ3v) is 6.25. The molecule has 4 rings (SSSR count). The van der Waals surface area contributed by atoms with E-state index in [0.29, 0.717) is 23.4 Å². The Labute approximate surface area is 194 Å². The van der Waals surface area contributed by atoms with Crippen molar-refractivity contribution in [2.45, 2.75) is 19.3 Å². The highest BCUT2D eigenvalue weighted by molar-refractivity contribution is 14.1. The molecule has 2 aromatic carbocycles. The average molecular weight is 533 g/mol. The Balaban J connectivity index is 1.15. The number of nitrogens with one attached hydrogen (secondary N) is 1. The van der Waals surface area contributed by atoms with Gasteiger partial charge in [0.1, 0.15) is 5.52 Å². The van der Waals surface area contributed by atoms with Crippen LogP contribution in [0.15, 0.2) is 53.3 Å². The molecule has 1 aliphatic heterocycles. The van der Waals surface area contributed by atoms with Crippen molar-refractivity contribution < 1.29 is 18.7 Å². The van der Waals surface area contributed by atoms with E-state index in [9.17, 15) is 9.59 Å². The summed E-state index contributed by atoms with van der Waals surface area (Å²) in [7, 11) is 0. The van der Waals surface area contributed by atoms with Crippen molar-refractivity contribution in [3.63, 3.8) is 0 Å². The molecule has 0 saturated carbocycles. The summed E-state index contributed by atoms with van der Waals surface area (Å²) in [4.78, 5) is 31.1. The first-order chi connectivity index (χ1) is 15.1. The van der Waals surface area contributed by atoms with Crippen molar-refractivity contribution in [1.82, 2.24) is 9.88 Å². The number of rotatable bonds is 7. The molecule has 1 fully saturated rings.